The number of carbonyl (C=O) groups excluding carboxylic acids is 1. The molecule has 1 fully saturated rings. The van der Waals surface area contributed by atoms with Crippen molar-refractivity contribution in [2.24, 2.45) is 5.92 Å². The summed E-state index contributed by atoms with van der Waals surface area (Å²) in [5, 5.41) is 15.2. The molecule has 2 aromatic heterocycles. The van der Waals surface area contributed by atoms with Crippen LogP contribution in [0.15, 0.2) is 24.3 Å². The fourth-order valence-corrected chi connectivity index (χ4v) is 4.63. The van der Waals surface area contributed by atoms with E-state index in [4.69, 9.17) is 10.1 Å². The van der Waals surface area contributed by atoms with Crippen molar-refractivity contribution in [1.29, 1.82) is 5.26 Å². The van der Waals surface area contributed by atoms with Gasteiger partial charge in [0.15, 0.2) is 5.65 Å². The first-order valence-corrected chi connectivity index (χ1v) is 11.1. The van der Waals surface area contributed by atoms with E-state index in [0.29, 0.717) is 31.8 Å². The molecule has 1 unspecified atom stereocenters. The third kappa shape index (κ3) is 4.00. The normalized spacial score (nSPS) is 16.2. The Morgan fingerprint density at radius 2 is 1.87 bits per heavy atom. The molecule has 4 rings (SSSR count). The van der Waals surface area contributed by atoms with Gasteiger partial charge in [-0.15, -0.1) is 0 Å². The summed E-state index contributed by atoms with van der Waals surface area (Å²) >= 11 is 0. The molecule has 162 valence electrons. The van der Waals surface area contributed by atoms with Crippen molar-refractivity contribution in [1.82, 2.24) is 24.4 Å². The maximum atomic E-state index is 12.9. The molecule has 7 heteroatoms. The van der Waals surface area contributed by atoms with Crippen LogP contribution in [-0.4, -0.2) is 62.5 Å². The second-order valence-corrected chi connectivity index (χ2v) is 8.75. The zero-order chi connectivity index (χ0) is 22.1. The van der Waals surface area contributed by atoms with Crippen LogP contribution >= 0.6 is 0 Å². The standard InChI is InChI=1S/C24H30N6O/c1-16(2)22(15-25)28-11-13-29(14-12-28)23(31)10-9-19-17(3)26-24-20-7-5-6-8-21(20)27-30(24)18(19)4/h5-8,16,22H,9-14H2,1-4H3. The van der Waals surface area contributed by atoms with Crippen molar-refractivity contribution in [2.45, 2.75) is 46.6 Å². The number of rotatable bonds is 5. The highest BCUT2D eigenvalue weighted by molar-refractivity contribution is 5.92. The van der Waals surface area contributed by atoms with E-state index in [2.05, 4.69) is 31.7 Å². The van der Waals surface area contributed by atoms with Crippen LogP contribution in [0.4, 0.5) is 0 Å². The zero-order valence-corrected chi connectivity index (χ0v) is 18.8. The van der Waals surface area contributed by atoms with Crippen molar-refractivity contribution in [3.05, 3.63) is 41.2 Å². The van der Waals surface area contributed by atoms with E-state index in [1.165, 1.54) is 0 Å². The Morgan fingerprint density at radius 1 is 1.16 bits per heavy atom. The van der Waals surface area contributed by atoms with Gasteiger partial charge in [0.05, 0.1) is 11.6 Å². The molecule has 1 aliphatic rings. The van der Waals surface area contributed by atoms with E-state index in [0.717, 1.165) is 46.6 Å². The fraction of sp³-hybridized carbons (Fsp3) is 0.500. The van der Waals surface area contributed by atoms with Gasteiger partial charge in [-0.25, -0.2) is 9.50 Å². The van der Waals surface area contributed by atoms with E-state index in [1.54, 1.807) is 0 Å². The molecule has 1 aromatic carbocycles. The Bertz CT molecular complexity index is 1150. The maximum absolute atomic E-state index is 12.9. The molecule has 1 atom stereocenters. The molecule has 0 spiro atoms. The molecule has 3 aromatic rings. The quantitative estimate of drug-likeness (QED) is 0.636. The van der Waals surface area contributed by atoms with E-state index >= 15 is 0 Å². The van der Waals surface area contributed by atoms with Crippen LogP contribution in [-0.2, 0) is 11.2 Å². The van der Waals surface area contributed by atoms with Crippen molar-refractivity contribution in [2.75, 3.05) is 26.2 Å². The van der Waals surface area contributed by atoms with Crippen molar-refractivity contribution >= 4 is 22.5 Å². The van der Waals surface area contributed by atoms with Crippen LogP contribution in [0.5, 0.6) is 0 Å². The number of benzene rings is 1. The molecule has 0 saturated carbocycles. The summed E-state index contributed by atoms with van der Waals surface area (Å²) in [7, 11) is 0. The molecule has 0 bridgehead atoms. The van der Waals surface area contributed by atoms with E-state index < -0.39 is 0 Å². The molecular formula is C24H30N6O. The van der Waals surface area contributed by atoms with Gasteiger partial charge in [-0.3, -0.25) is 9.69 Å². The summed E-state index contributed by atoms with van der Waals surface area (Å²) in [4.78, 5) is 21.8. The molecular weight excluding hydrogens is 388 g/mol. The minimum atomic E-state index is -0.0788. The van der Waals surface area contributed by atoms with Crippen LogP contribution < -0.4 is 0 Å². The molecule has 31 heavy (non-hydrogen) atoms. The molecule has 1 saturated heterocycles. The van der Waals surface area contributed by atoms with Crippen molar-refractivity contribution in [3.63, 3.8) is 0 Å². The van der Waals surface area contributed by atoms with Gasteiger partial charge in [-0.2, -0.15) is 10.4 Å². The second-order valence-electron chi connectivity index (χ2n) is 8.75. The van der Waals surface area contributed by atoms with Crippen LogP contribution in [0.2, 0.25) is 0 Å². The van der Waals surface area contributed by atoms with E-state index in [-0.39, 0.29) is 11.9 Å². The van der Waals surface area contributed by atoms with Crippen LogP contribution in [0.25, 0.3) is 16.6 Å². The van der Waals surface area contributed by atoms with Gasteiger partial charge in [-0.05, 0) is 43.9 Å². The van der Waals surface area contributed by atoms with Gasteiger partial charge < -0.3 is 4.90 Å². The predicted molar refractivity (Wildman–Crippen MR) is 121 cm³/mol. The van der Waals surface area contributed by atoms with Crippen LogP contribution in [0.1, 0.15) is 37.2 Å². The van der Waals surface area contributed by atoms with E-state index in [9.17, 15) is 10.1 Å². The number of hydrogen-bond acceptors (Lipinski definition) is 5. The Balaban J connectivity index is 1.44. The number of aromatic nitrogens is 3. The molecule has 1 aliphatic heterocycles. The second kappa shape index (κ2) is 8.64. The van der Waals surface area contributed by atoms with Gasteiger partial charge in [0.2, 0.25) is 5.91 Å². The average Bonchev–Trinajstić information content (AvgIpc) is 3.13. The number of hydrogen-bond donors (Lipinski definition) is 0. The fourth-order valence-electron chi connectivity index (χ4n) is 4.63. The van der Waals surface area contributed by atoms with Crippen molar-refractivity contribution < 1.29 is 4.79 Å². The number of piperazine rings is 1. The van der Waals surface area contributed by atoms with Gasteiger partial charge in [0, 0.05) is 49.4 Å². The minimum absolute atomic E-state index is 0.0788. The Labute approximate surface area is 183 Å². The topological polar surface area (TPSA) is 77.5 Å². The summed E-state index contributed by atoms with van der Waals surface area (Å²) in [5.74, 6) is 0.460. The summed E-state index contributed by atoms with van der Waals surface area (Å²) < 4.78 is 1.91. The average molecular weight is 419 g/mol. The minimum Gasteiger partial charge on any atom is -0.340 e. The van der Waals surface area contributed by atoms with Gasteiger partial charge in [-0.1, -0.05) is 26.0 Å². The third-order valence-corrected chi connectivity index (χ3v) is 6.43. The van der Waals surface area contributed by atoms with Gasteiger partial charge in [0.1, 0.15) is 6.04 Å². The third-order valence-electron chi connectivity index (χ3n) is 6.43. The molecule has 7 nitrogen and oxygen atoms in total. The van der Waals surface area contributed by atoms with Crippen LogP contribution in [0, 0.1) is 31.1 Å². The largest absolute Gasteiger partial charge is 0.340 e. The lowest BCUT2D eigenvalue weighted by Crippen LogP contribution is -2.52. The zero-order valence-electron chi connectivity index (χ0n) is 18.8. The van der Waals surface area contributed by atoms with Crippen molar-refractivity contribution in [3.8, 4) is 6.07 Å². The molecule has 0 aliphatic carbocycles. The summed E-state index contributed by atoms with van der Waals surface area (Å²) in [6.45, 7) is 11.1. The Morgan fingerprint density at radius 3 is 2.55 bits per heavy atom. The predicted octanol–water partition coefficient (Wildman–Crippen LogP) is 3.12. The SMILES string of the molecule is Cc1nc2c3ccccc3nn2c(C)c1CCC(=O)N1CCN(C(C#N)C(C)C)CC1. The first-order chi connectivity index (χ1) is 14.9. The number of carbonyl (C=O) groups is 1. The van der Waals surface area contributed by atoms with Crippen LogP contribution in [0.3, 0.4) is 0 Å². The smallest absolute Gasteiger partial charge is 0.222 e. The number of nitrogens with zero attached hydrogens (tertiary/aromatic N) is 6. The number of amides is 1. The lowest BCUT2D eigenvalue weighted by Gasteiger charge is -2.38. The number of fused-ring (bicyclic) bond motifs is 3. The number of nitriles is 1. The van der Waals surface area contributed by atoms with Gasteiger partial charge in [0.25, 0.3) is 0 Å². The molecule has 1 amide bonds. The summed E-state index contributed by atoms with van der Waals surface area (Å²) in [5.41, 5.74) is 4.90. The van der Waals surface area contributed by atoms with E-state index in [1.807, 2.05) is 40.6 Å². The highest BCUT2D eigenvalue weighted by atomic mass is 16.2. The van der Waals surface area contributed by atoms with Gasteiger partial charge >= 0.3 is 0 Å². The highest BCUT2D eigenvalue weighted by Crippen LogP contribution is 2.23. The summed E-state index contributed by atoms with van der Waals surface area (Å²) in [6.07, 6.45) is 1.12. The molecule has 0 N–H and O–H groups in total. The lowest BCUT2D eigenvalue weighted by molar-refractivity contribution is -0.133. The lowest BCUT2D eigenvalue weighted by atomic mass is 10.0. The highest BCUT2D eigenvalue weighted by Gasteiger charge is 2.27. The number of aryl methyl sites for hydroxylation is 2. The monoisotopic (exact) mass is 418 g/mol. The Hall–Kier alpha value is -2.98. The first-order valence-electron chi connectivity index (χ1n) is 11.1. The first kappa shape index (κ1) is 21.3. The molecule has 0 radical (unpaired) electrons. The molecule has 3 heterocycles. The summed E-state index contributed by atoms with van der Waals surface area (Å²) in [6, 6.07) is 10.4. The Kier molecular flexibility index (Phi) is 5.92. The maximum Gasteiger partial charge on any atom is 0.222 e.